The van der Waals surface area contributed by atoms with Gasteiger partial charge in [0, 0.05) is 23.3 Å². The number of benzene rings is 2. The Bertz CT molecular complexity index is 1040. The molecular formula is C23H20ClN3O3. The first kappa shape index (κ1) is 19.9. The first-order valence-electron chi connectivity index (χ1n) is 9.61. The minimum absolute atomic E-state index is 0.129. The van der Waals surface area contributed by atoms with Crippen LogP contribution in [0.3, 0.4) is 0 Å². The molecule has 0 saturated carbocycles. The Kier molecular flexibility index (Phi) is 5.95. The van der Waals surface area contributed by atoms with E-state index in [4.69, 9.17) is 16.3 Å². The standard InChI is InChI=1S/C23H20ClN3O3/c24-18-10-8-16(9-11-18)12-14-25-20(28)15-27-22-19(7-4-13-26-22)30-21(23(27)29)17-5-2-1-3-6-17/h1-11,13,21H,12,14-15H2,(H,25,28). The number of anilines is 1. The minimum Gasteiger partial charge on any atom is -0.472 e. The van der Waals surface area contributed by atoms with E-state index in [1.807, 2.05) is 54.6 Å². The maximum absolute atomic E-state index is 13.1. The predicted octanol–water partition coefficient (Wildman–Crippen LogP) is 3.56. The van der Waals surface area contributed by atoms with Gasteiger partial charge < -0.3 is 10.1 Å². The van der Waals surface area contributed by atoms with Crippen molar-refractivity contribution in [2.75, 3.05) is 18.0 Å². The van der Waals surface area contributed by atoms with Crippen molar-refractivity contribution >= 4 is 29.2 Å². The predicted molar refractivity (Wildman–Crippen MR) is 115 cm³/mol. The molecule has 1 N–H and O–H groups in total. The number of hydrogen-bond donors (Lipinski definition) is 1. The third kappa shape index (κ3) is 4.44. The number of pyridine rings is 1. The van der Waals surface area contributed by atoms with Crippen LogP contribution in [0.5, 0.6) is 5.75 Å². The molecule has 2 aromatic carbocycles. The molecule has 1 unspecified atom stereocenters. The molecule has 0 spiro atoms. The molecule has 1 aliphatic heterocycles. The number of amides is 2. The molecule has 3 aromatic rings. The fourth-order valence-corrected chi connectivity index (χ4v) is 3.41. The lowest BCUT2D eigenvalue weighted by atomic mass is 10.1. The van der Waals surface area contributed by atoms with Gasteiger partial charge in [-0.2, -0.15) is 0 Å². The minimum atomic E-state index is -0.815. The second-order valence-electron chi connectivity index (χ2n) is 6.88. The summed E-state index contributed by atoms with van der Waals surface area (Å²) in [5, 5.41) is 3.54. The van der Waals surface area contributed by atoms with Crippen molar-refractivity contribution in [1.29, 1.82) is 0 Å². The van der Waals surface area contributed by atoms with Gasteiger partial charge >= 0.3 is 0 Å². The molecule has 7 heteroatoms. The van der Waals surface area contributed by atoms with Gasteiger partial charge in [0.05, 0.1) is 0 Å². The molecule has 0 saturated heterocycles. The van der Waals surface area contributed by atoms with Crippen LogP contribution in [0, 0.1) is 0 Å². The van der Waals surface area contributed by atoms with Gasteiger partial charge in [-0.25, -0.2) is 4.98 Å². The summed E-state index contributed by atoms with van der Waals surface area (Å²) in [5.74, 6) is 0.241. The van der Waals surface area contributed by atoms with E-state index >= 15 is 0 Å². The third-order valence-corrected chi connectivity index (χ3v) is 5.05. The topological polar surface area (TPSA) is 71.5 Å². The summed E-state index contributed by atoms with van der Waals surface area (Å²) in [6.45, 7) is 0.326. The van der Waals surface area contributed by atoms with E-state index in [9.17, 15) is 9.59 Å². The van der Waals surface area contributed by atoms with Gasteiger partial charge in [-0.3, -0.25) is 14.5 Å². The van der Waals surface area contributed by atoms with Crippen molar-refractivity contribution in [3.05, 3.63) is 89.1 Å². The van der Waals surface area contributed by atoms with E-state index in [2.05, 4.69) is 10.3 Å². The summed E-state index contributed by atoms with van der Waals surface area (Å²) in [4.78, 5) is 31.3. The second-order valence-corrected chi connectivity index (χ2v) is 7.32. The van der Waals surface area contributed by atoms with Crippen LogP contribution >= 0.6 is 11.6 Å². The zero-order valence-electron chi connectivity index (χ0n) is 16.1. The van der Waals surface area contributed by atoms with Crippen LogP contribution in [-0.2, 0) is 16.0 Å². The van der Waals surface area contributed by atoms with E-state index in [0.29, 0.717) is 29.6 Å². The normalized spacial score (nSPS) is 15.3. The number of carbonyl (C=O) groups excluding carboxylic acids is 2. The summed E-state index contributed by atoms with van der Waals surface area (Å²) in [6, 6.07) is 20.2. The van der Waals surface area contributed by atoms with Crippen LogP contribution in [0.4, 0.5) is 5.82 Å². The monoisotopic (exact) mass is 421 g/mol. The molecular weight excluding hydrogens is 402 g/mol. The highest BCUT2D eigenvalue weighted by Gasteiger charge is 2.37. The Morgan fingerprint density at radius 2 is 1.83 bits per heavy atom. The van der Waals surface area contributed by atoms with Gasteiger partial charge in [0.1, 0.15) is 6.54 Å². The van der Waals surface area contributed by atoms with Gasteiger partial charge in [0.2, 0.25) is 12.0 Å². The quantitative estimate of drug-likeness (QED) is 0.660. The molecule has 6 nitrogen and oxygen atoms in total. The van der Waals surface area contributed by atoms with Crippen molar-refractivity contribution in [2.45, 2.75) is 12.5 Å². The molecule has 152 valence electrons. The Hall–Kier alpha value is -3.38. The van der Waals surface area contributed by atoms with Gasteiger partial charge in [0.15, 0.2) is 11.6 Å². The van der Waals surface area contributed by atoms with Crippen molar-refractivity contribution < 1.29 is 14.3 Å². The van der Waals surface area contributed by atoms with Gasteiger partial charge in [-0.1, -0.05) is 54.1 Å². The average molecular weight is 422 g/mol. The lowest BCUT2D eigenvalue weighted by Crippen LogP contribution is -2.47. The number of rotatable bonds is 6. The molecule has 2 amide bonds. The molecule has 2 heterocycles. The highest BCUT2D eigenvalue weighted by atomic mass is 35.5. The lowest BCUT2D eigenvalue weighted by molar-refractivity contribution is -0.129. The molecule has 4 rings (SSSR count). The highest BCUT2D eigenvalue weighted by Crippen LogP contribution is 2.36. The van der Waals surface area contributed by atoms with Crippen LogP contribution in [0.15, 0.2) is 72.9 Å². The number of nitrogens with one attached hydrogen (secondary N) is 1. The van der Waals surface area contributed by atoms with Crippen LogP contribution in [-0.4, -0.2) is 29.9 Å². The van der Waals surface area contributed by atoms with E-state index in [1.54, 1.807) is 18.3 Å². The number of aromatic nitrogens is 1. The first-order valence-corrected chi connectivity index (χ1v) is 9.99. The maximum Gasteiger partial charge on any atom is 0.274 e. The molecule has 0 aliphatic carbocycles. The molecule has 1 aromatic heterocycles. The number of carbonyl (C=O) groups is 2. The average Bonchev–Trinajstić information content (AvgIpc) is 2.77. The summed E-state index contributed by atoms with van der Waals surface area (Å²) >= 11 is 5.89. The van der Waals surface area contributed by atoms with Crippen molar-refractivity contribution in [1.82, 2.24) is 10.3 Å². The van der Waals surface area contributed by atoms with E-state index in [-0.39, 0.29) is 18.4 Å². The number of fused-ring (bicyclic) bond motifs is 1. The number of halogens is 1. The molecule has 0 bridgehead atoms. The fraction of sp³-hybridized carbons (Fsp3) is 0.174. The van der Waals surface area contributed by atoms with E-state index in [1.165, 1.54) is 4.90 Å². The zero-order valence-corrected chi connectivity index (χ0v) is 16.9. The van der Waals surface area contributed by atoms with E-state index in [0.717, 1.165) is 11.1 Å². The Labute approximate surface area is 179 Å². The smallest absolute Gasteiger partial charge is 0.274 e. The SMILES string of the molecule is O=C(CN1C(=O)C(c2ccccc2)Oc2cccnc21)NCCc1ccc(Cl)cc1. The highest BCUT2D eigenvalue weighted by molar-refractivity contribution is 6.30. The summed E-state index contributed by atoms with van der Waals surface area (Å²) in [7, 11) is 0. The van der Waals surface area contributed by atoms with Crippen LogP contribution in [0.25, 0.3) is 0 Å². The largest absolute Gasteiger partial charge is 0.472 e. The van der Waals surface area contributed by atoms with E-state index < -0.39 is 6.10 Å². The fourth-order valence-electron chi connectivity index (χ4n) is 3.29. The van der Waals surface area contributed by atoms with Crippen LogP contribution in [0.1, 0.15) is 17.2 Å². The summed E-state index contributed by atoms with van der Waals surface area (Å²) in [5.41, 5.74) is 1.79. The molecule has 1 atom stereocenters. The van der Waals surface area contributed by atoms with Gasteiger partial charge in [0.25, 0.3) is 5.91 Å². The van der Waals surface area contributed by atoms with Crippen molar-refractivity contribution in [3.8, 4) is 5.75 Å². The van der Waals surface area contributed by atoms with Gasteiger partial charge in [-0.15, -0.1) is 0 Å². The Balaban J connectivity index is 1.45. The lowest BCUT2D eigenvalue weighted by Gasteiger charge is -2.33. The van der Waals surface area contributed by atoms with Crippen LogP contribution < -0.4 is 15.0 Å². The second kappa shape index (κ2) is 8.97. The van der Waals surface area contributed by atoms with Crippen molar-refractivity contribution in [2.24, 2.45) is 0 Å². The molecule has 30 heavy (non-hydrogen) atoms. The van der Waals surface area contributed by atoms with Gasteiger partial charge in [-0.05, 0) is 36.2 Å². The van der Waals surface area contributed by atoms with Crippen molar-refractivity contribution in [3.63, 3.8) is 0 Å². The first-order chi connectivity index (χ1) is 14.6. The maximum atomic E-state index is 13.1. The van der Waals surface area contributed by atoms with Crippen LogP contribution in [0.2, 0.25) is 5.02 Å². The number of nitrogens with zero attached hydrogens (tertiary/aromatic N) is 2. The summed E-state index contributed by atoms with van der Waals surface area (Å²) in [6.07, 6.45) is 1.43. The number of hydrogen-bond acceptors (Lipinski definition) is 4. The summed E-state index contributed by atoms with van der Waals surface area (Å²) < 4.78 is 5.89. The zero-order chi connectivity index (χ0) is 20.9. The Morgan fingerprint density at radius 3 is 2.60 bits per heavy atom. The molecule has 0 radical (unpaired) electrons. The molecule has 0 fully saturated rings. The molecule has 1 aliphatic rings. The Morgan fingerprint density at radius 1 is 1.07 bits per heavy atom. The third-order valence-electron chi connectivity index (χ3n) is 4.79. The number of ether oxygens (including phenoxy) is 1.